The van der Waals surface area contributed by atoms with E-state index in [-0.39, 0.29) is 5.91 Å². The molecule has 0 aliphatic heterocycles. The van der Waals surface area contributed by atoms with Crippen molar-refractivity contribution in [3.05, 3.63) is 0 Å². The van der Waals surface area contributed by atoms with Crippen LogP contribution in [0.2, 0.25) is 0 Å². The van der Waals surface area contributed by atoms with E-state index in [9.17, 15) is 9.59 Å². The third-order valence-electron chi connectivity index (χ3n) is 0.831. The average molecular weight is 162 g/mol. The molecular weight excluding hydrogens is 148 g/mol. The SMILES string of the molecule is CC(=O)N(C)C.COC(N)=O. The lowest BCUT2D eigenvalue weighted by Gasteiger charge is -2.02. The lowest BCUT2D eigenvalue weighted by molar-refractivity contribution is -0.126. The van der Waals surface area contributed by atoms with Crippen LogP contribution in [0.1, 0.15) is 6.92 Å². The van der Waals surface area contributed by atoms with Gasteiger partial charge in [-0.3, -0.25) is 4.79 Å². The minimum absolute atomic E-state index is 0.0926. The van der Waals surface area contributed by atoms with Gasteiger partial charge in [0, 0.05) is 21.0 Å². The Bertz CT molecular complexity index is 134. The summed E-state index contributed by atoms with van der Waals surface area (Å²) in [5, 5.41) is 0. The van der Waals surface area contributed by atoms with Crippen LogP contribution in [0.3, 0.4) is 0 Å². The maximum Gasteiger partial charge on any atom is 0.404 e. The lowest BCUT2D eigenvalue weighted by atomic mass is 10.7. The van der Waals surface area contributed by atoms with Gasteiger partial charge in [-0.2, -0.15) is 0 Å². The third kappa shape index (κ3) is 17.7. The molecule has 0 bridgehead atoms. The Kier molecular flexibility index (Phi) is 7.74. The summed E-state index contributed by atoms with van der Waals surface area (Å²) in [7, 11) is 4.67. The van der Waals surface area contributed by atoms with Gasteiger partial charge in [0.1, 0.15) is 0 Å². The summed E-state index contributed by atoms with van der Waals surface area (Å²) in [6.07, 6.45) is -0.745. The summed E-state index contributed by atoms with van der Waals surface area (Å²) < 4.78 is 3.89. The van der Waals surface area contributed by atoms with Gasteiger partial charge in [0.05, 0.1) is 7.11 Å². The van der Waals surface area contributed by atoms with Crippen LogP contribution in [-0.4, -0.2) is 38.1 Å². The monoisotopic (exact) mass is 162 g/mol. The number of carbonyl (C=O) groups excluding carboxylic acids is 2. The van der Waals surface area contributed by atoms with Crippen molar-refractivity contribution in [2.45, 2.75) is 6.92 Å². The highest BCUT2D eigenvalue weighted by Crippen LogP contribution is 1.69. The number of nitrogens with zero attached hydrogens (tertiary/aromatic N) is 1. The fraction of sp³-hybridized carbons (Fsp3) is 0.667. The molecule has 0 heterocycles. The third-order valence-corrected chi connectivity index (χ3v) is 0.831. The van der Waals surface area contributed by atoms with E-state index in [4.69, 9.17) is 0 Å². The van der Waals surface area contributed by atoms with Crippen molar-refractivity contribution >= 4 is 12.0 Å². The van der Waals surface area contributed by atoms with Gasteiger partial charge in [0.25, 0.3) is 0 Å². The zero-order chi connectivity index (χ0) is 9.44. The zero-order valence-corrected chi connectivity index (χ0v) is 7.25. The van der Waals surface area contributed by atoms with Crippen molar-refractivity contribution in [1.82, 2.24) is 4.90 Å². The average Bonchev–Trinajstić information content (AvgIpc) is 1.89. The van der Waals surface area contributed by atoms with E-state index in [2.05, 4.69) is 10.5 Å². The molecule has 0 aliphatic rings. The highest BCUT2D eigenvalue weighted by molar-refractivity contribution is 5.72. The molecule has 0 saturated carbocycles. The van der Waals surface area contributed by atoms with E-state index in [1.165, 1.54) is 18.9 Å². The van der Waals surface area contributed by atoms with Crippen LogP contribution in [0.4, 0.5) is 4.79 Å². The number of hydrogen-bond donors (Lipinski definition) is 1. The van der Waals surface area contributed by atoms with E-state index in [1.54, 1.807) is 14.1 Å². The summed E-state index contributed by atoms with van der Waals surface area (Å²) in [5.74, 6) is 0.0926. The van der Waals surface area contributed by atoms with Crippen molar-refractivity contribution in [3.8, 4) is 0 Å². The first-order chi connectivity index (χ1) is 4.91. The van der Waals surface area contributed by atoms with E-state index < -0.39 is 6.09 Å². The van der Waals surface area contributed by atoms with Gasteiger partial charge < -0.3 is 15.4 Å². The number of hydrogen-bond acceptors (Lipinski definition) is 3. The van der Waals surface area contributed by atoms with E-state index in [0.717, 1.165) is 0 Å². The van der Waals surface area contributed by atoms with Crippen molar-refractivity contribution in [3.63, 3.8) is 0 Å². The first-order valence-corrected chi connectivity index (χ1v) is 2.93. The van der Waals surface area contributed by atoms with Gasteiger partial charge in [-0.05, 0) is 0 Å². The molecule has 5 heteroatoms. The van der Waals surface area contributed by atoms with Crippen LogP contribution >= 0.6 is 0 Å². The molecule has 0 atom stereocenters. The fourth-order valence-electron chi connectivity index (χ4n) is 0. The topological polar surface area (TPSA) is 72.6 Å². The Hall–Kier alpha value is -1.26. The van der Waals surface area contributed by atoms with Crippen molar-refractivity contribution in [1.29, 1.82) is 0 Å². The summed E-state index contributed by atoms with van der Waals surface area (Å²) in [4.78, 5) is 21.0. The van der Waals surface area contributed by atoms with Crippen LogP contribution in [0, 0.1) is 0 Å². The molecule has 0 fully saturated rings. The molecule has 5 nitrogen and oxygen atoms in total. The minimum atomic E-state index is -0.745. The molecular formula is C6H14N2O3. The summed E-state index contributed by atoms with van der Waals surface area (Å²) >= 11 is 0. The van der Waals surface area contributed by atoms with Gasteiger partial charge in [0.15, 0.2) is 0 Å². The van der Waals surface area contributed by atoms with Crippen molar-refractivity contribution in [2.24, 2.45) is 5.73 Å². The summed E-state index contributed by atoms with van der Waals surface area (Å²) in [5.41, 5.74) is 4.43. The molecule has 0 radical (unpaired) electrons. The number of primary amides is 1. The Morgan fingerprint density at radius 2 is 1.55 bits per heavy atom. The highest BCUT2D eigenvalue weighted by atomic mass is 16.5. The fourth-order valence-corrected chi connectivity index (χ4v) is 0. The summed E-state index contributed by atoms with van der Waals surface area (Å²) in [6, 6.07) is 0. The highest BCUT2D eigenvalue weighted by Gasteiger charge is 1.87. The van der Waals surface area contributed by atoms with Gasteiger partial charge in [0.2, 0.25) is 5.91 Å². The number of nitrogens with two attached hydrogens (primary N) is 1. The lowest BCUT2D eigenvalue weighted by Crippen LogP contribution is -2.17. The Morgan fingerprint density at radius 3 is 1.55 bits per heavy atom. The van der Waals surface area contributed by atoms with E-state index in [0.29, 0.717) is 0 Å². The Balaban J connectivity index is 0. The Labute approximate surface area is 66.1 Å². The standard InChI is InChI=1S/C4H9NO.C2H5NO2/c1-4(6)5(2)3;1-5-2(3)4/h1-3H3;1H3,(H2,3,4). The largest absolute Gasteiger partial charge is 0.453 e. The van der Waals surface area contributed by atoms with Gasteiger partial charge in [-0.25, -0.2) is 4.79 Å². The number of rotatable bonds is 0. The molecule has 0 saturated heterocycles. The predicted octanol–water partition coefficient (Wildman–Crippen LogP) is -0.194. The summed E-state index contributed by atoms with van der Waals surface area (Å²) in [6.45, 7) is 1.53. The van der Waals surface area contributed by atoms with E-state index in [1.807, 2.05) is 0 Å². The second kappa shape index (κ2) is 6.85. The maximum absolute atomic E-state index is 10.1. The molecule has 11 heavy (non-hydrogen) atoms. The number of methoxy groups -OCH3 is 1. The first-order valence-electron chi connectivity index (χ1n) is 2.93. The number of amides is 2. The number of carbonyl (C=O) groups is 2. The van der Waals surface area contributed by atoms with Crippen LogP contribution in [0.5, 0.6) is 0 Å². The smallest absolute Gasteiger partial charge is 0.404 e. The first kappa shape index (κ1) is 12.4. The molecule has 66 valence electrons. The molecule has 2 N–H and O–H groups in total. The van der Waals surface area contributed by atoms with Crippen molar-refractivity contribution < 1.29 is 14.3 Å². The molecule has 0 spiro atoms. The van der Waals surface area contributed by atoms with Gasteiger partial charge in [-0.1, -0.05) is 0 Å². The maximum atomic E-state index is 10.1. The second-order valence-corrected chi connectivity index (χ2v) is 1.94. The Morgan fingerprint density at radius 1 is 1.36 bits per heavy atom. The molecule has 2 amide bonds. The molecule has 0 aliphatic carbocycles. The zero-order valence-electron chi connectivity index (χ0n) is 7.25. The number of ether oxygens (including phenoxy) is 1. The molecule has 0 aromatic heterocycles. The quantitative estimate of drug-likeness (QED) is 0.536. The molecule has 0 aromatic rings. The van der Waals surface area contributed by atoms with Crippen molar-refractivity contribution in [2.75, 3.05) is 21.2 Å². The predicted molar refractivity (Wildman–Crippen MR) is 41.0 cm³/mol. The molecule has 0 unspecified atom stereocenters. The normalized spacial score (nSPS) is 7.27. The molecule has 0 aromatic carbocycles. The van der Waals surface area contributed by atoms with Crippen LogP contribution in [-0.2, 0) is 9.53 Å². The second-order valence-electron chi connectivity index (χ2n) is 1.94. The van der Waals surface area contributed by atoms with E-state index >= 15 is 0 Å². The minimum Gasteiger partial charge on any atom is -0.453 e. The molecule has 0 rings (SSSR count). The van der Waals surface area contributed by atoms with Crippen LogP contribution < -0.4 is 5.73 Å². The van der Waals surface area contributed by atoms with Gasteiger partial charge >= 0.3 is 6.09 Å². The van der Waals surface area contributed by atoms with Crippen LogP contribution in [0.25, 0.3) is 0 Å². The van der Waals surface area contributed by atoms with Crippen LogP contribution in [0.15, 0.2) is 0 Å². The van der Waals surface area contributed by atoms with Gasteiger partial charge in [-0.15, -0.1) is 0 Å².